The fraction of sp³-hybridized carbons (Fsp3) is 0.353. The van der Waals surface area contributed by atoms with Crippen LogP contribution in [0, 0.1) is 19.7 Å². The van der Waals surface area contributed by atoms with Crippen LogP contribution >= 0.6 is 11.6 Å². The van der Waals surface area contributed by atoms with Gasteiger partial charge in [-0.15, -0.1) is 0 Å². The molecule has 2 N–H and O–H groups in total. The van der Waals surface area contributed by atoms with E-state index in [1.165, 1.54) is 24.3 Å². The number of halogens is 2. The van der Waals surface area contributed by atoms with E-state index < -0.39 is 41.2 Å². The molecule has 1 unspecified atom stereocenters. The second-order valence-corrected chi connectivity index (χ2v) is 18.6. The summed E-state index contributed by atoms with van der Waals surface area (Å²) in [4.78, 5) is 83.9. The molecule has 5 heterocycles. The Hall–Kier alpha value is -7.11. The van der Waals surface area contributed by atoms with Gasteiger partial charge in [-0.2, -0.15) is 5.10 Å². The van der Waals surface area contributed by atoms with Crippen LogP contribution in [0.2, 0.25) is 5.02 Å². The molecule has 2 fully saturated rings. The van der Waals surface area contributed by atoms with E-state index in [0.29, 0.717) is 78.4 Å². The molecule has 0 bridgehead atoms. The van der Waals surface area contributed by atoms with Crippen LogP contribution < -0.4 is 14.8 Å². The molecule has 16 nitrogen and oxygen atoms in total. The molecule has 6 aromatic rings. The van der Waals surface area contributed by atoms with Crippen molar-refractivity contribution in [1.82, 2.24) is 34.4 Å². The number of piperidine rings is 1. The van der Waals surface area contributed by atoms with Crippen LogP contribution in [-0.4, -0.2) is 121 Å². The topological polar surface area (TPSA) is 186 Å². The molecule has 0 aliphatic carbocycles. The molecule has 1 atom stereocenters. The highest BCUT2D eigenvalue weighted by atomic mass is 35.5. The summed E-state index contributed by atoms with van der Waals surface area (Å²) in [7, 11) is 1.85. The first-order chi connectivity index (χ1) is 32.9. The number of amides is 5. The van der Waals surface area contributed by atoms with E-state index in [-0.39, 0.29) is 60.3 Å². The van der Waals surface area contributed by atoms with Crippen molar-refractivity contribution in [3.05, 3.63) is 111 Å². The number of aryl methyl sites for hydroxylation is 3. The van der Waals surface area contributed by atoms with E-state index in [0.717, 1.165) is 32.6 Å². The molecule has 2 aromatic heterocycles. The minimum atomic E-state index is -1.48. The maximum atomic E-state index is 14.2. The van der Waals surface area contributed by atoms with Gasteiger partial charge in [0.25, 0.3) is 17.7 Å². The van der Waals surface area contributed by atoms with Crippen LogP contribution in [0.4, 0.5) is 4.39 Å². The lowest BCUT2D eigenvalue weighted by atomic mass is 9.98. The maximum Gasteiger partial charge on any atom is 0.352 e. The number of rotatable bonds is 14. The SMILES string of the molecule is Cc1nn(C)c(C)c1-c1c(Cl)ccc2c(CCCOc3cccc4cc(F)ccc34)c(C(=O)O)n(CCN3CCN(C(=O)C(C)(C)Oc4cccc5c4C(=O)N(C4CCC(=O)NC4=O)C5=O)CC3)c12. The van der Waals surface area contributed by atoms with E-state index in [4.69, 9.17) is 21.1 Å². The number of ether oxygens (including phenoxy) is 2. The highest BCUT2D eigenvalue weighted by molar-refractivity contribution is 6.35. The van der Waals surface area contributed by atoms with Crippen LogP contribution in [-0.2, 0) is 34.4 Å². The number of benzene rings is 4. The predicted molar refractivity (Wildman–Crippen MR) is 254 cm³/mol. The van der Waals surface area contributed by atoms with E-state index in [9.17, 15) is 38.3 Å². The van der Waals surface area contributed by atoms with Gasteiger partial charge in [0, 0.05) is 80.3 Å². The molecule has 4 aromatic carbocycles. The molecule has 2 saturated heterocycles. The van der Waals surface area contributed by atoms with Gasteiger partial charge in [0.15, 0.2) is 5.60 Å². The minimum Gasteiger partial charge on any atom is -0.493 e. The molecule has 9 rings (SSSR count). The van der Waals surface area contributed by atoms with Gasteiger partial charge < -0.3 is 24.0 Å². The number of nitrogens with one attached hydrogen (secondary N) is 1. The van der Waals surface area contributed by atoms with Crippen molar-refractivity contribution >= 4 is 68.8 Å². The van der Waals surface area contributed by atoms with Gasteiger partial charge in [-0.3, -0.25) is 43.8 Å². The number of nitrogens with zero attached hydrogens (tertiary/aromatic N) is 6. The van der Waals surface area contributed by atoms with Gasteiger partial charge in [0.2, 0.25) is 11.8 Å². The number of hydrogen-bond donors (Lipinski definition) is 2. The zero-order valence-corrected chi connectivity index (χ0v) is 39.6. The second-order valence-electron chi connectivity index (χ2n) is 18.2. The Kier molecular flexibility index (Phi) is 12.5. The summed E-state index contributed by atoms with van der Waals surface area (Å²) < 4.78 is 30.1. The van der Waals surface area contributed by atoms with E-state index >= 15 is 0 Å². The van der Waals surface area contributed by atoms with Gasteiger partial charge in [-0.25, -0.2) is 9.18 Å². The molecular weight excluding hydrogens is 909 g/mol. The molecule has 0 saturated carbocycles. The number of aromatic carboxylic acids is 1. The Labute approximate surface area is 401 Å². The minimum absolute atomic E-state index is 0.00188. The second kappa shape index (κ2) is 18.4. The Balaban J connectivity index is 0.924. The fourth-order valence-corrected chi connectivity index (χ4v) is 10.3. The number of fused-ring (bicyclic) bond motifs is 3. The Morgan fingerprint density at radius 1 is 0.899 bits per heavy atom. The molecule has 0 radical (unpaired) electrons. The number of aromatic nitrogens is 3. The summed E-state index contributed by atoms with van der Waals surface area (Å²) in [6.07, 6.45) is 0.845. The quantitative estimate of drug-likeness (QED) is 0.0873. The van der Waals surface area contributed by atoms with Gasteiger partial charge in [0.1, 0.15) is 29.1 Å². The number of hydrogen-bond acceptors (Lipinski definition) is 10. The molecule has 3 aliphatic rings. The van der Waals surface area contributed by atoms with Crippen molar-refractivity contribution in [2.75, 3.05) is 39.3 Å². The summed E-state index contributed by atoms with van der Waals surface area (Å²) in [5.74, 6) is -3.76. The number of carboxylic acid groups (broad SMARTS) is 1. The first-order valence-electron chi connectivity index (χ1n) is 22.9. The first-order valence-corrected chi connectivity index (χ1v) is 23.3. The Morgan fingerprint density at radius 2 is 1.62 bits per heavy atom. The molecule has 69 heavy (non-hydrogen) atoms. The van der Waals surface area contributed by atoms with Crippen molar-refractivity contribution in [3.63, 3.8) is 0 Å². The largest absolute Gasteiger partial charge is 0.493 e. The lowest BCUT2D eigenvalue weighted by Crippen LogP contribution is -2.56. The number of piperazine rings is 1. The molecule has 358 valence electrons. The monoisotopic (exact) mass is 959 g/mol. The van der Waals surface area contributed by atoms with Gasteiger partial charge in [-0.1, -0.05) is 35.9 Å². The Bertz CT molecular complexity index is 3130. The number of carbonyl (C=O) groups is 6. The Morgan fingerprint density at radius 3 is 2.33 bits per heavy atom. The zero-order valence-electron chi connectivity index (χ0n) is 38.9. The summed E-state index contributed by atoms with van der Waals surface area (Å²) in [5.41, 5.74) is 3.14. The number of imide groups is 2. The average Bonchev–Trinajstić information content (AvgIpc) is 3.87. The first kappa shape index (κ1) is 47.0. The summed E-state index contributed by atoms with van der Waals surface area (Å²) in [6, 6.07) is 17.0. The highest BCUT2D eigenvalue weighted by Gasteiger charge is 2.47. The van der Waals surface area contributed by atoms with Crippen molar-refractivity contribution in [2.45, 2.75) is 71.6 Å². The number of carboxylic acids is 1. The van der Waals surface area contributed by atoms with E-state index in [1.807, 2.05) is 49.7 Å². The molecule has 18 heteroatoms. The molecule has 3 aliphatic heterocycles. The lowest BCUT2D eigenvalue weighted by molar-refractivity contribution is -0.147. The maximum absolute atomic E-state index is 14.2. The summed E-state index contributed by atoms with van der Waals surface area (Å²) in [5, 5.41) is 20.5. The van der Waals surface area contributed by atoms with Crippen molar-refractivity contribution in [2.24, 2.45) is 7.05 Å². The molecule has 5 amide bonds. The normalized spacial score (nSPS) is 16.7. The van der Waals surface area contributed by atoms with E-state index in [1.54, 1.807) is 41.6 Å². The average molecular weight is 960 g/mol. The van der Waals surface area contributed by atoms with Crippen LogP contribution in [0.1, 0.15) is 81.3 Å². The fourth-order valence-electron chi connectivity index (χ4n) is 10.1. The summed E-state index contributed by atoms with van der Waals surface area (Å²) >= 11 is 7.07. The van der Waals surface area contributed by atoms with E-state index in [2.05, 4.69) is 15.3 Å². The van der Waals surface area contributed by atoms with Gasteiger partial charge >= 0.3 is 5.97 Å². The van der Waals surface area contributed by atoms with Crippen LogP contribution in [0.3, 0.4) is 0 Å². The van der Waals surface area contributed by atoms with Gasteiger partial charge in [0.05, 0.1) is 34.0 Å². The van der Waals surface area contributed by atoms with Crippen LogP contribution in [0.15, 0.2) is 66.7 Å². The third kappa shape index (κ3) is 8.58. The van der Waals surface area contributed by atoms with Crippen molar-refractivity contribution < 1.29 is 47.7 Å². The zero-order chi connectivity index (χ0) is 49.1. The molecular formula is C51H51ClFN7O9. The third-order valence-electron chi connectivity index (χ3n) is 13.5. The standard InChI is InChI=1S/C51H51ClFN7O9/c1-28-41(29(2)56(5)55-28)43-36(52)17-16-34-33(11-8-26-68-38-12-6-9-30-27-31(53)14-15-32(30)38)45(49(65)66)59(44(34)43)25-22-57-20-23-58(24-21-57)50(67)51(3,4)69-39-13-7-10-35-42(39)48(64)60(47(35)63)37-18-19-40(61)54-46(37)62/h6-7,9-10,12-17,27,37H,8,11,18-26H2,1-5H3,(H,65,66)(H,54,61,62). The van der Waals surface area contributed by atoms with Crippen molar-refractivity contribution in [3.8, 4) is 22.6 Å². The van der Waals surface area contributed by atoms with Crippen molar-refractivity contribution in [1.29, 1.82) is 0 Å². The van der Waals surface area contributed by atoms with Crippen LogP contribution in [0.25, 0.3) is 32.8 Å². The van der Waals surface area contributed by atoms with Crippen LogP contribution in [0.5, 0.6) is 11.5 Å². The number of carbonyl (C=O) groups excluding carboxylic acids is 5. The molecule has 0 spiro atoms. The lowest BCUT2D eigenvalue weighted by Gasteiger charge is -2.38. The highest BCUT2D eigenvalue weighted by Crippen LogP contribution is 2.42. The summed E-state index contributed by atoms with van der Waals surface area (Å²) in [6.45, 7) is 9.66. The smallest absolute Gasteiger partial charge is 0.352 e. The predicted octanol–water partition coefficient (Wildman–Crippen LogP) is 6.72. The third-order valence-corrected chi connectivity index (χ3v) is 13.8. The van der Waals surface area contributed by atoms with Gasteiger partial charge in [-0.05, 0) is 100 Å².